The highest BCUT2D eigenvalue weighted by Gasteiger charge is 2.13. The second-order valence-corrected chi connectivity index (χ2v) is 4.12. The Morgan fingerprint density at radius 2 is 2.11 bits per heavy atom. The summed E-state index contributed by atoms with van der Waals surface area (Å²) in [5.41, 5.74) is 3.82. The Bertz CT molecular complexity index is 509. The number of tetrazole rings is 1. The van der Waals surface area contributed by atoms with Crippen molar-refractivity contribution in [3.63, 3.8) is 0 Å². The van der Waals surface area contributed by atoms with E-state index in [1.807, 2.05) is 31.2 Å². The van der Waals surface area contributed by atoms with Gasteiger partial charge in [0, 0.05) is 6.42 Å². The molecule has 19 heavy (non-hydrogen) atoms. The Kier molecular flexibility index (Phi) is 4.43. The maximum absolute atomic E-state index is 5.59. The van der Waals surface area contributed by atoms with Gasteiger partial charge in [-0.05, 0) is 29.8 Å². The van der Waals surface area contributed by atoms with Crippen LogP contribution in [0.1, 0.15) is 24.4 Å². The molecule has 0 saturated carbocycles. The SMILES string of the molecule is CCOc1ccc(C(Cc2nnn(C)n2)NN)cc1. The van der Waals surface area contributed by atoms with Crippen LogP contribution in [-0.4, -0.2) is 26.8 Å². The summed E-state index contributed by atoms with van der Waals surface area (Å²) in [4.78, 5) is 1.43. The zero-order valence-corrected chi connectivity index (χ0v) is 11.1. The molecule has 1 aromatic heterocycles. The molecule has 0 aliphatic rings. The Labute approximate surface area is 111 Å². The number of rotatable bonds is 6. The monoisotopic (exact) mass is 262 g/mol. The van der Waals surface area contributed by atoms with Crippen molar-refractivity contribution >= 4 is 0 Å². The van der Waals surface area contributed by atoms with E-state index in [4.69, 9.17) is 10.6 Å². The molecule has 0 bridgehead atoms. The summed E-state index contributed by atoms with van der Waals surface area (Å²) in [6, 6.07) is 7.75. The van der Waals surface area contributed by atoms with E-state index in [1.54, 1.807) is 7.05 Å². The Morgan fingerprint density at radius 1 is 1.37 bits per heavy atom. The fourth-order valence-electron chi connectivity index (χ4n) is 1.82. The number of hydrogen-bond acceptors (Lipinski definition) is 6. The van der Waals surface area contributed by atoms with Gasteiger partial charge in [-0.2, -0.15) is 4.80 Å². The number of aromatic nitrogens is 4. The first-order chi connectivity index (χ1) is 9.22. The molecule has 0 radical (unpaired) electrons. The maximum atomic E-state index is 5.59. The summed E-state index contributed by atoms with van der Waals surface area (Å²) in [5, 5.41) is 11.9. The molecule has 102 valence electrons. The lowest BCUT2D eigenvalue weighted by Crippen LogP contribution is -2.29. The van der Waals surface area contributed by atoms with Crippen molar-refractivity contribution in [2.75, 3.05) is 6.61 Å². The van der Waals surface area contributed by atoms with Gasteiger partial charge >= 0.3 is 0 Å². The molecule has 7 heteroatoms. The van der Waals surface area contributed by atoms with Crippen LogP contribution in [0.2, 0.25) is 0 Å². The van der Waals surface area contributed by atoms with Crippen LogP contribution in [0, 0.1) is 0 Å². The summed E-state index contributed by atoms with van der Waals surface area (Å²) >= 11 is 0. The quantitative estimate of drug-likeness (QED) is 0.577. The normalized spacial score (nSPS) is 12.4. The largest absolute Gasteiger partial charge is 0.494 e. The molecule has 1 atom stereocenters. The van der Waals surface area contributed by atoms with Crippen molar-refractivity contribution in [3.8, 4) is 5.75 Å². The third-order valence-electron chi connectivity index (χ3n) is 2.73. The van der Waals surface area contributed by atoms with Gasteiger partial charge in [0.2, 0.25) is 0 Å². The minimum absolute atomic E-state index is 0.0557. The van der Waals surface area contributed by atoms with Gasteiger partial charge in [-0.15, -0.1) is 10.2 Å². The molecular weight excluding hydrogens is 244 g/mol. The number of ether oxygens (including phenoxy) is 1. The number of nitrogens with two attached hydrogens (primary N) is 1. The van der Waals surface area contributed by atoms with Crippen molar-refractivity contribution in [3.05, 3.63) is 35.7 Å². The van der Waals surface area contributed by atoms with E-state index in [1.165, 1.54) is 4.80 Å². The number of benzene rings is 1. The summed E-state index contributed by atoms with van der Waals surface area (Å²) in [7, 11) is 1.73. The minimum Gasteiger partial charge on any atom is -0.494 e. The zero-order chi connectivity index (χ0) is 13.7. The maximum Gasteiger partial charge on any atom is 0.176 e. The molecule has 7 nitrogen and oxygen atoms in total. The third kappa shape index (κ3) is 3.49. The molecule has 0 spiro atoms. The van der Waals surface area contributed by atoms with Crippen LogP contribution in [0.25, 0.3) is 0 Å². The molecule has 1 heterocycles. The van der Waals surface area contributed by atoms with Gasteiger partial charge < -0.3 is 4.74 Å². The molecular formula is C12H18N6O. The van der Waals surface area contributed by atoms with Crippen molar-refractivity contribution in [1.29, 1.82) is 0 Å². The van der Waals surface area contributed by atoms with Crippen molar-refractivity contribution in [2.24, 2.45) is 12.9 Å². The molecule has 2 rings (SSSR count). The molecule has 0 aliphatic heterocycles. The summed E-state index contributed by atoms with van der Waals surface area (Å²) < 4.78 is 5.41. The first kappa shape index (κ1) is 13.4. The van der Waals surface area contributed by atoms with E-state index in [2.05, 4.69) is 20.8 Å². The Morgan fingerprint density at radius 3 is 2.63 bits per heavy atom. The molecule has 0 amide bonds. The van der Waals surface area contributed by atoms with Crippen LogP contribution in [0.4, 0.5) is 0 Å². The molecule has 2 aromatic rings. The molecule has 1 unspecified atom stereocenters. The van der Waals surface area contributed by atoms with Crippen LogP contribution in [0.15, 0.2) is 24.3 Å². The highest BCUT2D eigenvalue weighted by Crippen LogP contribution is 2.19. The summed E-state index contributed by atoms with van der Waals surface area (Å²) in [5.74, 6) is 7.09. The lowest BCUT2D eigenvalue weighted by Gasteiger charge is -2.14. The number of nitrogens with zero attached hydrogens (tertiary/aromatic N) is 4. The molecule has 0 fully saturated rings. The van der Waals surface area contributed by atoms with Crippen LogP contribution < -0.4 is 16.0 Å². The predicted molar refractivity (Wildman–Crippen MR) is 70.2 cm³/mol. The molecule has 1 aromatic carbocycles. The molecule has 0 aliphatic carbocycles. The van der Waals surface area contributed by atoms with Gasteiger partial charge in [0.05, 0.1) is 19.7 Å². The average Bonchev–Trinajstić information content (AvgIpc) is 2.83. The third-order valence-corrected chi connectivity index (χ3v) is 2.73. The summed E-state index contributed by atoms with van der Waals surface area (Å²) in [6.07, 6.45) is 0.582. The van der Waals surface area contributed by atoms with E-state index in [0.717, 1.165) is 11.3 Å². The fourth-order valence-corrected chi connectivity index (χ4v) is 1.82. The molecule has 3 N–H and O–H groups in total. The van der Waals surface area contributed by atoms with Crippen LogP contribution >= 0.6 is 0 Å². The average molecular weight is 262 g/mol. The highest BCUT2D eigenvalue weighted by atomic mass is 16.5. The van der Waals surface area contributed by atoms with Gasteiger partial charge in [0.1, 0.15) is 5.75 Å². The van der Waals surface area contributed by atoms with Gasteiger partial charge in [-0.25, -0.2) is 0 Å². The van der Waals surface area contributed by atoms with E-state index in [9.17, 15) is 0 Å². The first-order valence-corrected chi connectivity index (χ1v) is 6.14. The Balaban J connectivity index is 2.08. The van der Waals surface area contributed by atoms with Crippen LogP contribution in [0.5, 0.6) is 5.75 Å². The van der Waals surface area contributed by atoms with Crippen LogP contribution in [-0.2, 0) is 13.5 Å². The Hall–Kier alpha value is -1.99. The van der Waals surface area contributed by atoms with Crippen molar-refractivity contribution < 1.29 is 4.74 Å². The first-order valence-electron chi connectivity index (χ1n) is 6.14. The van der Waals surface area contributed by atoms with Crippen molar-refractivity contribution in [2.45, 2.75) is 19.4 Å². The highest BCUT2D eigenvalue weighted by molar-refractivity contribution is 5.29. The van der Waals surface area contributed by atoms with E-state index in [0.29, 0.717) is 18.9 Å². The predicted octanol–water partition coefficient (Wildman–Crippen LogP) is 0.356. The number of aryl methyl sites for hydroxylation is 1. The number of hydrogen-bond donors (Lipinski definition) is 2. The van der Waals surface area contributed by atoms with E-state index >= 15 is 0 Å². The smallest absolute Gasteiger partial charge is 0.176 e. The van der Waals surface area contributed by atoms with Crippen molar-refractivity contribution in [1.82, 2.24) is 25.6 Å². The van der Waals surface area contributed by atoms with E-state index in [-0.39, 0.29) is 6.04 Å². The minimum atomic E-state index is -0.0557. The number of nitrogens with one attached hydrogen (secondary N) is 1. The second-order valence-electron chi connectivity index (χ2n) is 4.12. The van der Waals surface area contributed by atoms with Gasteiger partial charge in [0.25, 0.3) is 0 Å². The standard InChI is InChI=1S/C12H18N6O/c1-3-19-10-6-4-9(5-7-10)11(14-13)8-12-15-17-18(2)16-12/h4-7,11,14H,3,8,13H2,1-2H3. The second kappa shape index (κ2) is 6.26. The summed E-state index contributed by atoms with van der Waals surface area (Å²) in [6.45, 7) is 2.61. The fraction of sp³-hybridized carbons (Fsp3) is 0.417. The zero-order valence-electron chi connectivity index (χ0n) is 11.1. The lowest BCUT2D eigenvalue weighted by molar-refractivity contribution is 0.340. The topological polar surface area (TPSA) is 90.9 Å². The lowest BCUT2D eigenvalue weighted by atomic mass is 10.0. The van der Waals surface area contributed by atoms with Gasteiger partial charge in [-0.1, -0.05) is 12.1 Å². The molecule has 0 saturated heterocycles. The van der Waals surface area contributed by atoms with E-state index < -0.39 is 0 Å². The van der Waals surface area contributed by atoms with Gasteiger partial charge in [-0.3, -0.25) is 11.3 Å². The van der Waals surface area contributed by atoms with Crippen LogP contribution in [0.3, 0.4) is 0 Å². The van der Waals surface area contributed by atoms with Gasteiger partial charge in [0.15, 0.2) is 5.82 Å². The number of hydrazine groups is 1.